The van der Waals surface area contributed by atoms with Crippen molar-refractivity contribution in [1.29, 1.82) is 0 Å². The maximum atomic E-state index is 12.5. The molecule has 6 heteroatoms. The van der Waals surface area contributed by atoms with E-state index in [-0.39, 0.29) is 18.3 Å². The Balaban J connectivity index is 0.00000243. The monoisotopic (exact) mass is 382 g/mol. The topological polar surface area (TPSA) is 50.8 Å². The molecule has 3 rings (SSSR count). The lowest BCUT2D eigenvalue weighted by atomic mass is 10.0. The molecule has 0 radical (unpaired) electrons. The molecule has 146 valence electrons. The number of ether oxygens (including phenoxy) is 2. The summed E-state index contributed by atoms with van der Waals surface area (Å²) in [5.74, 6) is 2.70. The summed E-state index contributed by atoms with van der Waals surface area (Å²) in [7, 11) is 3.29. The fourth-order valence-electron chi connectivity index (χ4n) is 3.41. The molecular weight excluding hydrogens is 352 g/mol. The first-order valence-electron chi connectivity index (χ1n) is 9.41. The lowest BCUT2D eigenvalue weighted by Gasteiger charge is -2.32. The number of hydrogen-bond donors (Lipinski definition) is 1. The molecule has 1 saturated carbocycles. The molecule has 1 aromatic rings. The molecule has 0 aromatic heterocycles. The van der Waals surface area contributed by atoms with Gasteiger partial charge >= 0.3 is 0 Å². The Hall–Kier alpha value is -1.46. The highest BCUT2D eigenvalue weighted by Crippen LogP contribution is 2.28. The average Bonchev–Trinajstić information content (AvgIpc) is 3.49. The van der Waals surface area contributed by atoms with Gasteiger partial charge in [-0.2, -0.15) is 0 Å². The number of benzene rings is 1. The van der Waals surface area contributed by atoms with Crippen LogP contribution in [0.5, 0.6) is 11.5 Å². The predicted octanol–water partition coefficient (Wildman–Crippen LogP) is 3.05. The van der Waals surface area contributed by atoms with Gasteiger partial charge in [-0.3, -0.25) is 4.79 Å². The van der Waals surface area contributed by atoms with Crippen LogP contribution in [-0.2, 0) is 11.2 Å². The lowest BCUT2D eigenvalue weighted by Crippen LogP contribution is -2.45. The minimum atomic E-state index is 0. The number of nitrogens with zero attached hydrogens (tertiary/aromatic N) is 1. The third-order valence-corrected chi connectivity index (χ3v) is 5.28. The molecule has 0 bridgehead atoms. The highest BCUT2D eigenvalue weighted by molar-refractivity contribution is 5.85. The van der Waals surface area contributed by atoms with Gasteiger partial charge in [-0.25, -0.2) is 0 Å². The quantitative estimate of drug-likeness (QED) is 0.750. The van der Waals surface area contributed by atoms with E-state index in [1.165, 1.54) is 12.8 Å². The van der Waals surface area contributed by atoms with Crippen LogP contribution in [0.4, 0.5) is 0 Å². The third-order valence-electron chi connectivity index (χ3n) is 5.28. The van der Waals surface area contributed by atoms with E-state index in [1.807, 2.05) is 23.1 Å². The van der Waals surface area contributed by atoms with Crippen LogP contribution in [0.2, 0.25) is 0 Å². The summed E-state index contributed by atoms with van der Waals surface area (Å²) in [6, 6.07) is 6.39. The van der Waals surface area contributed by atoms with Crippen molar-refractivity contribution in [2.24, 2.45) is 5.92 Å². The molecule has 5 nitrogen and oxygen atoms in total. The van der Waals surface area contributed by atoms with Crippen molar-refractivity contribution in [2.45, 2.75) is 44.6 Å². The second-order valence-corrected chi connectivity index (χ2v) is 7.23. The summed E-state index contributed by atoms with van der Waals surface area (Å²) in [5, 5.41) is 3.66. The summed E-state index contributed by atoms with van der Waals surface area (Å²) < 4.78 is 10.6. The van der Waals surface area contributed by atoms with E-state index in [4.69, 9.17) is 9.47 Å². The summed E-state index contributed by atoms with van der Waals surface area (Å²) in [6.07, 6.45) is 6.18. The largest absolute Gasteiger partial charge is 0.497 e. The molecule has 26 heavy (non-hydrogen) atoms. The van der Waals surface area contributed by atoms with Crippen LogP contribution in [0.15, 0.2) is 18.2 Å². The Bertz CT molecular complexity index is 562. The van der Waals surface area contributed by atoms with Gasteiger partial charge in [-0.05, 0) is 62.3 Å². The predicted molar refractivity (Wildman–Crippen MR) is 105 cm³/mol. The maximum Gasteiger partial charge on any atom is 0.222 e. The molecule has 2 fully saturated rings. The van der Waals surface area contributed by atoms with Gasteiger partial charge in [0.05, 0.1) is 14.2 Å². The van der Waals surface area contributed by atoms with Crippen molar-refractivity contribution in [2.75, 3.05) is 33.9 Å². The maximum absolute atomic E-state index is 12.5. The fourth-order valence-corrected chi connectivity index (χ4v) is 3.41. The fraction of sp³-hybridized carbons (Fsp3) is 0.650. The third kappa shape index (κ3) is 6.06. The van der Waals surface area contributed by atoms with E-state index >= 15 is 0 Å². The van der Waals surface area contributed by atoms with Gasteiger partial charge in [0.15, 0.2) is 0 Å². The van der Waals surface area contributed by atoms with Crippen LogP contribution in [-0.4, -0.2) is 50.7 Å². The molecule has 1 aromatic carbocycles. The van der Waals surface area contributed by atoms with E-state index < -0.39 is 0 Å². The first-order chi connectivity index (χ1) is 12.2. The van der Waals surface area contributed by atoms with Crippen molar-refractivity contribution < 1.29 is 14.3 Å². The Morgan fingerprint density at radius 2 is 1.69 bits per heavy atom. The molecule has 1 N–H and O–H groups in total. The Morgan fingerprint density at radius 3 is 2.23 bits per heavy atom. The number of methoxy groups -OCH3 is 2. The van der Waals surface area contributed by atoms with E-state index in [2.05, 4.69) is 5.32 Å². The number of carbonyl (C=O) groups excluding carboxylic acids is 1. The van der Waals surface area contributed by atoms with Crippen molar-refractivity contribution >= 4 is 18.3 Å². The average molecular weight is 383 g/mol. The van der Waals surface area contributed by atoms with Crippen molar-refractivity contribution in [1.82, 2.24) is 10.2 Å². The number of carbonyl (C=O) groups is 1. The van der Waals surface area contributed by atoms with Crippen LogP contribution in [0.25, 0.3) is 0 Å². The van der Waals surface area contributed by atoms with E-state index in [9.17, 15) is 4.79 Å². The highest BCUT2D eigenvalue weighted by atomic mass is 35.5. The Morgan fingerprint density at radius 1 is 1.08 bits per heavy atom. The Labute approximate surface area is 162 Å². The molecule has 1 heterocycles. The lowest BCUT2D eigenvalue weighted by molar-refractivity contribution is -0.132. The number of likely N-dealkylation sites (tertiary alicyclic amines) is 1. The first kappa shape index (κ1) is 20.8. The Kier molecular flexibility index (Phi) is 8.04. The van der Waals surface area contributed by atoms with Gasteiger partial charge in [0.25, 0.3) is 0 Å². The van der Waals surface area contributed by atoms with Crippen molar-refractivity contribution in [3.05, 3.63) is 23.8 Å². The molecule has 0 unspecified atom stereocenters. The standard InChI is InChI=1S/C20H30N2O3.ClH/c1-24-18-11-16(12-19(13-18)25-2)5-6-20(23)22-9-7-17(8-10-22)21-14-15-3-4-15;/h11-13,15,17,21H,3-10,14H2,1-2H3;1H. The van der Waals surface area contributed by atoms with Gasteiger partial charge in [-0.1, -0.05) is 0 Å². The number of nitrogens with one attached hydrogen (secondary N) is 1. The number of aryl methyl sites for hydroxylation is 1. The number of hydrogen-bond acceptors (Lipinski definition) is 4. The van der Waals surface area contributed by atoms with Crippen molar-refractivity contribution in [3.8, 4) is 11.5 Å². The normalized spacial score (nSPS) is 17.5. The minimum Gasteiger partial charge on any atom is -0.497 e. The summed E-state index contributed by atoms with van der Waals surface area (Å²) >= 11 is 0. The molecule has 1 saturated heterocycles. The molecule has 1 aliphatic carbocycles. The van der Waals surface area contributed by atoms with Crippen LogP contribution in [0.3, 0.4) is 0 Å². The van der Waals surface area contributed by atoms with Gasteiger partial charge < -0.3 is 19.7 Å². The summed E-state index contributed by atoms with van der Waals surface area (Å²) in [6.45, 7) is 2.92. The minimum absolute atomic E-state index is 0. The van der Waals surface area contributed by atoms with Crippen LogP contribution < -0.4 is 14.8 Å². The summed E-state index contributed by atoms with van der Waals surface area (Å²) in [5.41, 5.74) is 1.07. The molecule has 0 atom stereocenters. The molecule has 0 spiro atoms. The highest BCUT2D eigenvalue weighted by Gasteiger charge is 2.25. The van der Waals surface area contributed by atoms with Crippen LogP contribution in [0.1, 0.15) is 37.7 Å². The van der Waals surface area contributed by atoms with Gasteiger partial charge in [-0.15, -0.1) is 12.4 Å². The first-order valence-corrected chi connectivity index (χ1v) is 9.41. The van der Waals surface area contributed by atoms with E-state index in [0.29, 0.717) is 18.9 Å². The van der Waals surface area contributed by atoms with E-state index in [0.717, 1.165) is 55.5 Å². The van der Waals surface area contributed by atoms with Crippen molar-refractivity contribution in [3.63, 3.8) is 0 Å². The summed E-state index contributed by atoms with van der Waals surface area (Å²) in [4.78, 5) is 14.5. The molecular formula is C20H31ClN2O3. The number of piperidine rings is 1. The smallest absolute Gasteiger partial charge is 0.222 e. The number of rotatable bonds is 8. The SMILES string of the molecule is COc1cc(CCC(=O)N2CCC(NCC3CC3)CC2)cc(OC)c1.Cl. The molecule has 1 aliphatic heterocycles. The van der Waals surface area contributed by atoms with Gasteiger partial charge in [0, 0.05) is 31.6 Å². The second kappa shape index (κ2) is 10.0. The second-order valence-electron chi connectivity index (χ2n) is 7.23. The number of halogens is 1. The van der Waals surface area contributed by atoms with Crippen LogP contribution in [0, 0.1) is 5.92 Å². The number of amides is 1. The zero-order valence-electron chi connectivity index (χ0n) is 15.8. The molecule has 1 amide bonds. The zero-order chi connectivity index (χ0) is 17.6. The van der Waals surface area contributed by atoms with Crippen LogP contribution >= 0.6 is 12.4 Å². The van der Waals surface area contributed by atoms with Gasteiger partial charge in [0.1, 0.15) is 11.5 Å². The molecule has 2 aliphatic rings. The van der Waals surface area contributed by atoms with E-state index in [1.54, 1.807) is 14.2 Å². The van der Waals surface area contributed by atoms with Gasteiger partial charge in [0.2, 0.25) is 5.91 Å². The zero-order valence-corrected chi connectivity index (χ0v) is 16.6.